The van der Waals surface area contributed by atoms with Crippen LogP contribution in [0.5, 0.6) is 5.75 Å². The number of benzene rings is 1. The Labute approximate surface area is 129 Å². The molecule has 5 heteroatoms. The van der Waals surface area contributed by atoms with Gasteiger partial charge in [0.05, 0.1) is 18.4 Å². The number of ketones is 1. The smallest absolute Gasteiger partial charge is 0.253 e. The van der Waals surface area contributed by atoms with Gasteiger partial charge in [0.15, 0.2) is 5.78 Å². The van der Waals surface area contributed by atoms with Gasteiger partial charge in [0.1, 0.15) is 5.75 Å². The van der Waals surface area contributed by atoms with Crippen molar-refractivity contribution in [3.8, 4) is 5.75 Å². The normalized spacial score (nSPS) is 10.4. The Balaban J connectivity index is 2.18. The molecule has 1 aromatic heterocycles. The zero-order valence-electron chi connectivity index (χ0n) is 13.2. The van der Waals surface area contributed by atoms with E-state index >= 15 is 0 Å². The molecule has 0 aliphatic heterocycles. The maximum atomic E-state index is 12.4. The van der Waals surface area contributed by atoms with Gasteiger partial charge >= 0.3 is 0 Å². The number of amides is 1. The number of methoxy groups -OCH3 is 1. The van der Waals surface area contributed by atoms with E-state index < -0.39 is 0 Å². The van der Waals surface area contributed by atoms with Gasteiger partial charge in [-0.05, 0) is 25.5 Å². The van der Waals surface area contributed by atoms with E-state index in [0.717, 1.165) is 11.3 Å². The molecule has 2 N–H and O–H groups in total. The molecule has 22 heavy (non-hydrogen) atoms. The van der Waals surface area contributed by atoms with E-state index in [0.29, 0.717) is 29.1 Å². The second-order valence-corrected chi connectivity index (χ2v) is 5.18. The average molecular weight is 300 g/mol. The van der Waals surface area contributed by atoms with E-state index in [4.69, 9.17) is 4.74 Å². The molecule has 0 spiro atoms. The molecule has 0 radical (unpaired) electrons. The van der Waals surface area contributed by atoms with Gasteiger partial charge < -0.3 is 15.0 Å². The summed E-state index contributed by atoms with van der Waals surface area (Å²) in [6.45, 7) is 5.41. The molecule has 0 fully saturated rings. The lowest BCUT2D eigenvalue weighted by Crippen LogP contribution is -2.24. The third kappa shape index (κ3) is 3.03. The number of aryl methyl sites for hydroxylation is 1. The van der Waals surface area contributed by atoms with Crippen LogP contribution in [0.25, 0.3) is 0 Å². The largest absolute Gasteiger partial charge is 0.496 e. The second-order valence-electron chi connectivity index (χ2n) is 5.18. The standard InChI is InChI=1S/C17H20N2O3/c1-10-15(11(2)19-16(10)12(3)20)17(21)18-9-13-7-5-6-8-14(13)22-4/h5-8,19H,9H2,1-4H3,(H,18,21). The van der Waals surface area contributed by atoms with Crippen LogP contribution in [-0.2, 0) is 6.54 Å². The van der Waals surface area contributed by atoms with Crippen LogP contribution < -0.4 is 10.1 Å². The van der Waals surface area contributed by atoms with E-state index in [-0.39, 0.29) is 11.7 Å². The molecule has 0 atom stereocenters. The molecule has 2 rings (SSSR count). The maximum absolute atomic E-state index is 12.4. The van der Waals surface area contributed by atoms with Crippen molar-refractivity contribution in [1.29, 1.82) is 0 Å². The summed E-state index contributed by atoms with van der Waals surface area (Å²) in [5.74, 6) is 0.448. The Hall–Kier alpha value is -2.56. The van der Waals surface area contributed by atoms with Crippen molar-refractivity contribution in [2.75, 3.05) is 7.11 Å². The Kier molecular flexibility index (Phi) is 4.65. The lowest BCUT2D eigenvalue weighted by Gasteiger charge is -2.10. The summed E-state index contributed by atoms with van der Waals surface area (Å²) in [5.41, 5.74) is 3.29. The third-order valence-electron chi connectivity index (χ3n) is 3.65. The fourth-order valence-electron chi connectivity index (χ4n) is 2.56. The van der Waals surface area contributed by atoms with Crippen molar-refractivity contribution in [3.63, 3.8) is 0 Å². The Morgan fingerprint density at radius 1 is 1.23 bits per heavy atom. The van der Waals surface area contributed by atoms with Gasteiger partial charge in [-0.2, -0.15) is 0 Å². The Bertz CT molecular complexity index is 717. The van der Waals surface area contributed by atoms with Crippen LogP contribution in [0.2, 0.25) is 0 Å². The number of para-hydroxylation sites is 1. The van der Waals surface area contributed by atoms with Crippen LogP contribution in [-0.4, -0.2) is 23.8 Å². The lowest BCUT2D eigenvalue weighted by molar-refractivity contribution is 0.0949. The number of H-pyrrole nitrogens is 1. The van der Waals surface area contributed by atoms with Crippen LogP contribution in [0.1, 0.15) is 44.6 Å². The first-order valence-corrected chi connectivity index (χ1v) is 7.06. The van der Waals surface area contributed by atoms with E-state index in [1.165, 1.54) is 6.92 Å². The fraction of sp³-hybridized carbons (Fsp3) is 0.294. The molecule has 2 aromatic rings. The minimum Gasteiger partial charge on any atom is -0.496 e. The minimum absolute atomic E-state index is 0.0793. The molecule has 0 saturated heterocycles. The molecular weight excluding hydrogens is 280 g/mol. The molecule has 0 aliphatic rings. The van der Waals surface area contributed by atoms with Crippen LogP contribution in [0.3, 0.4) is 0 Å². The van der Waals surface area contributed by atoms with Crippen molar-refractivity contribution in [2.45, 2.75) is 27.3 Å². The van der Waals surface area contributed by atoms with Crippen molar-refractivity contribution < 1.29 is 14.3 Å². The van der Waals surface area contributed by atoms with E-state index in [1.807, 2.05) is 24.3 Å². The molecule has 1 amide bonds. The minimum atomic E-state index is -0.204. The Morgan fingerprint density at radius 2 is 1.91 bits per heavy atom. The van der Waals surface area contributed by atoms with Crippen LogP contribution >= 0.6 is 0 Å². The molecule has 1 heterocycles. The second kappa shape index (κ2) is 6.47. The van der Waals surface area contributed by atoms with Crippen molar-refractivity contribution >= 4 is 11.7 Å². The first-order valence-electron chi connectivity index (χ1n) is 7.06. The van der Waals surface area contributed by atoms with Gasteiger partial charge in [-0.25, -0.2) is 0 Å². The van der Waals surface area contributed by atoms with Gasteiger partial charge in [0, 0.05) is 24.7 Å². The van der Waals surface area contributed by atoms with Crippen LogP contribution in [0, 0.1) is 13.8 Å². The monoisotopic (exact) mass is 300 g/mol. The van der Waals surface area contributed by atoms with Gasteiger partial charge in [-0.3, -0.25) is 9.59 Å². The fourth-order valence-corrected chi connectivity index (χ4v) is 2.56. The number of hydrogen-bond acceptors (Lipinski definition) is 3. The lowest BCUT2D eigenvalue weighted by atomic mass is 10.1. The molecule has 116 valence electrons. The summed E-state index contributed by atoms with van der Waals surface area (Å²) in [4.78, 5) is 26.9. The molecule has 0 aliphatic carbocycles. The number of ether oxygens (including phenoxy) is 1. The maximum Gasteiger partial charge on any atom is 0.253 e. The summed E-state index contributed by atoms with van der Waals surface area (Å²) >= 11 is 0. The summed E-state index contributed by atoms with van der Waals surface area (Å²) in [6.07, 6.45) is 0. The van der Waals surface area contributed by atoms with Crippen LogP contribution in [0.4, 0.5) is 0 Å². The van der Waals surface area contributed by atoms with Gasteiger partial charge in [0.2, 0.25) is 0 Å². The SMILES string of the molecule is COc1ccccc1CNC(=O)c1c(C)[nH]c(C(C)=O)c1C. The van der Waals surface area contributed by atoms with Gasteiger partial charge in [-0.15, -0.1) is 0 Å². The predicted molar refractivity (Wildman–Crippen MR) is 84.4 cm³/mol. The van der Waals surface area contributed by atoms with Crippen LogP contribution in [0.15, 0.2) is 24.3 Å². The number of nitrogens with one attached hydrogen (secondary N) is 2. The number of aromatic nitrogens is 1. The number of hydrogen-bond donors (Lipinski definition) is 2. The topological polar surface area (TPSA) is 71.2 Å². The number of aromatic amines is 1. The highest BCUT2D eigenvalue weighted by molar-refractivity contribution is 6.02. The molecular formula is C17H20N2O3. The molecule has 0 saturated carbocycles. The molecule has 5 nitrogen and oxygen atoms in total. The zero-order chi connectivity index (χ0) is 16.3. The highest BCUT2D eigenvalue weighted by Gasteiger charge is 2.20. The number of carbonyl (C=O) groups is 2. The first kappa shape index (κ1) is 15.8. The summed E-state index contributed by atoms with van der Waals surface area (Å²) in [7, 11) is 1.60. The zero-order valence-corrected chi connectivity index (χ0v) is 13.2. The van der Waals surface area contributed by atoms with Crippen molar-refractivity contribution in [3.05, 3.63) is 52.3 Å². The van der Waals surface area contributed by atoms with Crippen molar-refractivity contribution in [2.24, 2.45) is 0 Å². The highest BCUT2D eigenvalue weighted by atomic mass is 16.5. The van der Waals surface area contributed by atoms with Gasteiger partial charge in [0.25, 0.3) is 5.91 Å². The van der Waals surface area contributed by atoms with E-state index in [9.17, 15) is 9.59 Å². The van der Waals surface area contributed by atoms with Gasteiger partial charge in [-0.1, -0.05) is 18.2 Å². The van der Waals surface area contributed by atoms with Crippen molar-refractivity contribution in [1.82, 2.24) is 10.3 Å². The van der Waals surface area contributed by atoms with E-state index in [2.05, 4.69) is 10.3 Å². The Morgan fingerprint density at radius 3 is 2.50 bits per heavy atom. The predicted octanol–water partition coefficient (Wildman–Crippen LogP) is 2.77. The number of Topliss-reactive ketones (excluding diaryl/α,β-unsaturated/α-hetero) is 1. The molecule has 0 bridgehead atoms. The quantitative estimate of drug-likeness (QED) is 0.834. The van der Waals surface area contributed by atoms with E-state index in [1.54, 1.807) is 21.0 Å². The summed E-state index contributed by atoms with van der Waals surface area (Å²) in [5, 5.41) is 2.87. The number of carbonyl (C=O) groups excluding carboxylic acids is 2. The first-order chi connectivity index (χ1) is 10.5. The average Bonchev–Trinajstić information content (AvgIpc) is 2.80. The summed E-state index contributed by atoms with van der Waals surface area (Å²) in [6, 6.07) is 7.52. The summed E-state index contributed by atoms with van der Waals surface area (Å²) < 4.78 is 5.26. The third-order valence-corrected chi connectivity index (χ3v) is 3.65. The molecule has 0 unspecified atom stereocenters. The molecule has 1 aromatic carbocycles. The highest BCUT2D eigenvalue weighted by Crippen LogP contribution is 2.20. The number of rotatable bonds is 5.